The molecule has 40 heavy (non-hydrogen) atoms. The van der Waals surface area contributed by atoms with E-state index in [4.69, 9.17) is 9.57 Å². The highest BCUT2D eigenvalue weighted by Gasteiger charge is 2.54. The lowest BCUT2D eigenvalue weighted by Gasteiger charge is -2.40. The second-order valence-electron chi connectivity index (χ2n) is 11.1. The summed E-state index contributed by atoms with van der Waals surface area (Å²) in [4.78, 5) is 29.9. The first kappa shape index (κ1) is 29.0. The highest BCUT2D eigenvalue weighted by Crippen LogP contribution is 2.39. The lowest BCUT2D eigenvalue weighted by Crippen LogP contribution is -2.58. The number of piperidine rings is 1. The summed E-state index contributed by atoms with van der Waals surface area (Å²) in [5.74, 6) is -3.44. The summed E-state index contributed by atoms with van der Waals surface area (Å²) in [5, 5.41) is 0. The maximum Gasteiger partial charge on any atom is 0.265 e. The summed E-state index contributed by atoms with van der Waals surface area (Å²) in [6, 6.07) is 6.67. The van der Waals surface area contributed by atoms with Crippen LogP contribution < -0.4 is 5.48 Å². The Morgan fingerprint density at radius 1 is 1.12 bits per heavy atom. The molecular formula is C28H36F2N4O5S. The van der Waals surface area contributed by atoms with Crippen molar-refractivity contribution in [2.75, 3.05) is 19.7 Å². The summed E-state index contributed by atoms with van der Waals surface area (Å²) >= 11 is 0. The van der Waals surface area contributed by atoms with Crippen LogP contribution in [-0.4, -0.2) is 71.9 Å². The molecule has 1 aliphatic carbocycles. The van der Waals surface area contributed by atoms with Gasteiger partial charge in [-0.25, -0.2) is 27.5 Å². The van der Waals surface area contributed by atoms with Gasteiger partial charge in [-0.15, -0.1) is 0 Å². The van der Waals surface area contributed by atoms with Gasteiger partial charge in [0, 0.05) is 50.3 Å². The summed E-state index contributed by atoms with van der Waals surface area (Å²) in [7, 11) is -4.10. The molecule has 3 heterocycles. The monoisotopic (exact) mass is 578 g/mol. The molecule has 5 rings (SSSR count). The molecule has 1 atom stereocenters. The molecule has 12 heteroatoms. The van der Waals surface area contributed by atoms with Crippen LogP contribution in [0.2, 0.25) is 0 Å². The predicted molar refractivity (Wildman–Crippen MR) is 143 cm³/mol. The number of likely N-dealkylation sites (tertiary alicyclic amines) is 1. The molecule has 2 saturated heterocycles. The zero-order valence-corrected chi connectivity index (χ0v) is 23.5. The topological polar surface area (TPSA) is 111 Å². The average molecular weight is 579 g/mol. The van der Waals surface area contributed by atoms with E-state index >= 15 is 0 Å². The zero-order chi connectivity index (χ0) is 28.4. The molecule has 3 fully saturated rings. The molecule has 218 valence electrons. The van der Waals surface area contributed by atoms with Crippen LogP contribution in [0, 0.1) is 0 Å². The number of benzene rings is 1. The van der Waals surface area contributed by atoms with Gasteiger partial charge in [-0.3, -0.25) is 14.8 Å². The fourth-order valence-electron chi connectivity index (χ4n) is 5.34. The van der Waals surface area contributed by atoms with Crippen molar-refractivity contribution in [2.24, 2.45) is 0 Å². The molecule has 1 N–H and O–H groups in total. The number of hydrogen-bond acceptors (Lipinski definition) is 8. The Labute approximate surface area is 233 Å². The number of rotatable bonds is 10. The Morgan fingerprint density at radius 3 is 2.42 bits per heavy atom. The number of amides is 1. The van der Waals surface area contributed by atoms with Crippen molar-refractivity contribution in [1.29, 1.82) is 0 Å². The molecule has 0 bridgehead atoms. The number of sulfone groups is 1. The summed E-state index contributed by atoms with van der Waals surface area (Å²) in [6.07, 6.45) is 7.13. The van der Waals surface area contributed by atoms with Crippen LogP contribution in [0.3, 0.4) is 0 Å². The Balaban J connectivity index is 1.33. The van der Waals surface area contributed by atoms with Crippen LogP contribution in [0.4, 0.5) is 8.78 Å². The molecule has 0 spiro atoms. The SMILES string of the molecule is CC(F)(F)CCc1cnc(-c2ccc(S(=O)(=O)C3(C(=O)NOC4CCCCO4)CCN(C4CC4)CC3)cc2)cn1. The van der Waals surface area contributed by atoms with Crippen molar-refractivity contribution in [2.45, 2.75) is 92.6 Å². The van der Waals surface area contributed by atoms with E-state index < -0.39 is 32.7 Å². The molecule has 1 unspecified atom stereocenters. The second kappa shape index (κ2) is 11.8. The lowest BCUT2D eigenvalue weighted by atomic mass is 9.94. The average Bonchev–Trinajstić information content (AvgIpc) is 3.81. The first-order chi connectivity index (χ1) is 19.1. The van der Waals surface area contributed by atoms with E-state index in [1.165, 1.54) is 24.5 Å². The number of carbonyl (C=O) groups excluding carboxylic acids is 1. The third-order valence-corrected chi connectivity index (χ3v) is 10.5. The number of hydrogen-bond donors (Lipinski definition) is 1. The molecule has 1 aromatic heterocycles. The molecule has 2 aliphatic heterocycles. The van der Waals surface area contributed by atoms with E-state index in [9.17, 15) is 22.0 Å². The van der Waals surface area contributed by atoms with Gasteiger partial charge in [0.2, 0.25) is 5.92 Å². The highest BCUT2D eigenvalue weighted by molar-refractivity contribution is 7.93. The number of ether oxygens (including phenoxy) is 1. The Kier molecular flexibility index (Phi) is 8.51. The fourth-order valence-corrected chi connectivity index (χ4v) is 7.29. The standard InChI is InChI=1S/C28H36F2N4O5S/c1-27(29,30)12-11-21-18-32-24(19-31-21)20-5-9-23(10-6-20)40(36,37)28(13-15-34(16-14-28)22-7-8-22)26(35)33-39-25-4-2-3-17-38-25/h5-6,9-10,18-19,22,25H,2-4,7-8,11-17H2,1H3,(H,33,35). The highest BCUT2D eigenvalue weighted by atomic mass is 32.2. The van der Waals surface area contributed by atoms with E-state index in [0.29, 0.717) is 49.1 Å². The van der Waals surface area contributed by atoms with Gasteiger partial charge in [0.05, 0.1) is 22.5 Å². The lowest BCUT2D eigenvalue weighted by molar-refractivity contribution is -0.202. The third-order valence-electron chi connectivity index (χ3n) is 8.00. The van der Waals surface area contributed by atoms with Crippen LogP contribution in [0.15, 0.2) is 41.6 Å². The number of alkyl halides is 2. The van der Waals surface area contributed by atoms with E-state index in [2.05, 4.69) is 20.3 Å². The van der Waals surface area contributed by atoms with Crippen LogP contribution >= 0.6 is 0 Å². The predicted octanol–water partition coefficient (Wildman–Crippen LogP) is 4.08. The number of carbonyl (C=O) groups is 1. The molecule has 3 aliphatic rings. The Hall–Kier alpha value is -2.54. The van der Waals surface area contributed by atoms with Crippen LogP contribution in [0.25, 0.3) is 11.3 Å². The number of hydroxylamine groups is 1. The third kappa shape index (κ3) is 6.50. The first-order valence-corrected chi connectivity index (χ1v) is 15.4. The molecule has 0 radical (unpaired) electrons. The van der Waals surface area contributed by atoms with Crippen molar-refractivity contribution in [3.8, 4) is 11.3 Å². The minimum absolute atomic E-state index is 0.0370. The quantitative estimate of drug-likeness (QED) is 0.420. The molecule has 1 saturated carbocycles. The van der Waals surface area contributed by atoms with Crippen molar-refractivity contribution >= 4 is 15.7 Å². The van der Waals surface area contributed by atoms with E-state index in [1.807, 2.05) is 0 Å². The van der Waals surface area contributed by atoms with E-state index in [1.54, 1.807) is 12.1 Å². The fraction of sp³-hybridized carbons (Fsp3) is 0.607. The molecular weight excluding hydrogens is 542 g/mol. The minimum Gasteiger partial charge on any atom is -0.350 e. The van der Waals surface area contributed by atoms with Gasteiger partial charge in [0.25, 0.3) is 5.91 Å². The van der Waals surface area contributed by atoms with Crippen LogP contribution in [-0.2, 0) is 30.6 Å². The van der Waals surface area contributed by atoms with Gasteiger partial charge >= 0.3 is 0 Å². The summed E-state index contributed by atoms with van der Waals surface area (Å²) < 4.78 is 58.3. The van der Waals surface area contributed by atoms with Gasteiger partial charge in [-0.05, 0) is 64.0 Å². The Morgan fingerprint density at radius 2 is 1.85 bits per heavy atom. The van der Waals surface area contributed by atoms with Crippen molar-refractivity contribution in [3.63, 3.8) is 0 Å². The molecule has 1 amide bonds. The number of halogens is 2. The zero-order valence-electron chi connectivity index (χ0n) is 22.7. The van der Waals surface area contributed by atoms with Crippen LogP contribution in [0.5, 0.6) is 0 Å². The second-order valence-corrected chi connectivity index (χ2v) is 13.4. The van der Waals surface area contributed by atoms with Gasteiger partial charge in [-0.2, -0.15) is 0 Å². The number of nitrogens with zero attached hydrogens (tertiary/aromatic N) is 3. The number of aromatic nitrogens is 2. The van der Waals surface area contributed by atoms with E-state index in [0.717, 1.165) is 32.6 Å². The largest absolute Gasteiger partial charge is 0.350 e. The molecule has 9 nitrogen and oxygen atoms in total. The Bertz CT molecular complexity index is 1270. The van der Waals surface area contributed by atoms with Crippen molar-refractivity contribution in [1.82, 2.24) is 20.3 Å². The minimum atomic E-state index is -4.10. The van der Waals surface area contributed by atoms with Crippen LogP contribution in [0.1, 0.15) is 64.0 Å². The van der Waals surface area contributed by atoms with E-state index in [-0.39, 0.29) is 30.6 Å². The maximum atomic E-state index is 14.1. The maximum absolute atomic E-state index is 14.1. The van der Waals surface area contributed by atoms with Crippen molar-refractivity contribution < 1.29 is 31.6 Å². The van der Waals surface area contributed by atoms with Gasteiger partial charge in [0.1, 0.15) is 0 Å². The van der Waals surface area contributed by atoms with Gasteiger partial charge in [-0.1, -0.05) is 12.1 Å². The van der Waals surface area contributed by atoms with Gasteiger partial charge in [0.15, 0.2) is 20.9 Å². The van der Waals surface area contributed by atoms with Crippen molar-refractivity contribution in [3.05, 3.63) is 42.4 Å². The first-order valence-electron chi connectivity index (χ1n) is 13.9. The summed E-state index contributed by atoms with van der Waals surface area (Å²) in [6.45, 7) is 2.43. The molecule has 1 aromatic carbocycles. The number of nitrogens with one attached hydrogen (secondary N) is 1. The van der Waals surface area contributed by atoms with Gasteiger partial charge < -0.3 is 9.64 Å². The summed E-state index contributed by atoms with van der Waals surface area (Å²) in [5.41, 5.74) is 4.00. The molecule has 2 aromatic rings. The number of aryl methyl sites for hydroxylation is 1. The smallest absolute Gasteiger partial charge is 0.265 e. The normalized spacial score (nSPS) is 22.1.